The van der Waals surface area contributed by atoms with Crippen LogP contribution < -0.4 is 15.9 Å². The molecule has 0 spiro atoms. The van der Waals surface area contributed by atoms with Gasteiger partial charge in [0.1, 0.15) is 18.2 Å². The summed E-state index contributed by atoms with van der Waals surface area (Å²) in [6, 6.07) is 13.2. The van der Waals surface area contributed by atoms with E-state index in [2.05, 4.69) is 35.8 Å². The Balaban J connectivity index is 1.36. The number of nitrogen functional groups attached to an aromatic ring is 1. The average molecular weight is 436 g/mol. The highest BCUT2D eigenvalue weighted by Gasteiger charge is 2.22. The van der Waals surface area contributed by atoms with Gasteiger partial charge in [0.25, 0.3) is 5.91 Å². The van der Waals surface area contributed by atoms with Gasteiger partial charge in [-0.05, 0) is 64.8 Å². The van der Waals surface area contributed by atoms with Crippen LogP contribution in [0.4, 0.5) is 10.2 Å². The van der Waals surface area contributed by atoms with Crippen LogP contribution >= 0.6 is 0 Å². The lowest BCUT2D eigenvalue weighted by Crippen LogP contribution is -2.22. The van der Waals surface area contributed by atoms with E-state index < -0.39 is 5.91 Å². The summed E-state index contributed by atoms with van der Waals surface area (Å²) < 4.78 is 24.3. The minimum absolute atomic E-state index is 0.0332. The zero-order valence-electron chi connectivity index (χ0n) is 16.8. The molecule has 0 fully saturated rings. The number of carbonyl (C=O) groups excluding carboxylic acids is 1. The Hall–Kier alpha value is -4.61. The lowest BCUT2D eigenvalue weighted by molar-refractivity contribution is 0.0946. The molecule has 0 saturated heterocycles. The number of benzene rings is 2. The summed E-state index contributed by atoms with van der Waals surface area (Å²) in [5, 5.41) is 18.7. The molecular formula is C20H17FN8O3. The van der Waals surface area contributed by atoms with E-state index >= 15 is 0 Å². The molecule has 4 rings (SSSR count). The summed E-state index contributed by atoms with van der Waals surface area (Å²) in [4.78, 5) is 12.6. The Labute approximate surface area is 180 Å². The van der Waals surface area contributed by atoms with Crippen molar-refractivity contribution in [3.05, 3.63) is 76.9 Å². The molecule has 0 aliphatic rings. The first-order valence-corrected chi connectivity index (χ1v) is 9.32. The number of rotatable bonds is 7. The smallest absolute Gasteiger partial charge is 0.292 e. The van der Waals surface area contributed by atoms with Crippen LogP contribution in [0.5, 0.6) is 5.75 Å². The van der Waals surface area contributed by atoms with E-state index in [0.717, 1.165) is 15.8 Å². The molecule has 0 bridgehead atoms. The van der Waals surface area contributed by atoms with Crippen LogP contribution in [0, 0.1) is 12.7 Å². The van der Waals surface area contributed by atoms with Crippen LogP contribution in [0.15, 0.2) is 58.3 Å². The number of aromatic nitrogens is 5. The SMILES string of the molecule is Cc1nnn(-c2nonc2N)c1C(=O)N/N=C/c1ccc(OCc2ccc(F)cc2)cc1. The minimum Gasteiger partial charge on any atom is -0.489 e. The molecule has 2 aromatic carbocycles. The normalized spacial score (nSPS) is 11.1. The number of nitrogens with zero attached hydrogens (tertiary/aromatic N) is 6. The standard InChI is InChI=1S/C20H17FN8O3/c1-12-17(29(28-24-12)19-18(22)26-32-27-19)20(30)25-23-10-13-4-8-16(9-5-13)31-11-14-2-6-15(21)7-3-14/h2-10H,11H2,1H3,(H2,22,26)(H,25,30)/b23-10+. The van der Waals surface area contributed by atoms with E-state index in [0.29, 0.717) is 18.1 Å². The van der Waals surface area contributed by atoms with E-state index in [9.17, 15) is 9.18 Å². The summed E-state index contributed by atoms with van der Waals surface area (Å²) in [5.74, 6) is -0.199. The van der Waals surface area contributed by atoms with Crippen molar-refractivity contribution in [3.63, 3.8) is 0 Å². The third-order valence-electron chi connectivity index (χ3n) is 4.33. The van der Waals surface area contributed by atoms with Gasteiger partial charge in [-0.2, -0.15) is 9.78 Å². The van der Waals surface area contributed by atoms with E-state index in [1.54, 1.807) is 43.3 Å². The molecular weight excluding hydrogens is 419 g/mol. The van der Waals surface area contributed by atoms with Gasteiger partial charge in [0.15, 0.2) is 5.69 Å². The summed E-state index contributed by atoms with van der Waals surface area (Å²) >= 11 is 0. The topological polar surface area (TPSA) is 146 Å². The number of hydrazone groups is 1. The van der Waals surface area contributed by atoms with Crippen molar-refractivity contribution in [2.24, 2.45) is 5.10 Å². The lowest BCUT2D eigenvalue weighted by Gasteiger charge is -2.06. The molecule has 162 valence electrons. The fraction of sp³-hybridized carbons (Fsp3) is 0.100. The molecule has 1 amide bonds. The van der Waals surface area contributed by atoms with Crippen LogP contribution in [-0.2, 0) is 6.61 Å². The number of ether oxygens (including phenoxy) is 1. The quantitative estimate of drug-likeness (QED) is 0.330. The van der Waals surface area contributed by atoms with Crippen LogP contribution in [0.25, 0.3) is 5.82 Å². The first-order valence-electron chi connectivity index (χ1n) is 9.32. The van der Waals surface area contributed by atoms with Gasteiger partial charge < -0.3 is 10.5 Å². The maximum atomic E-state index is 12.9. The van der Waals surface area contributed by atoms with E-state index in [1.807, 2.05) is 0 Å². The monoisotopic (exact) mass is 436 g/mol. The van der Waals surface area contributed by atoms with Crippen LogP contribution in [-0.4, -0.2) is 37.4 Å². The van der Waals surface area contributed by atoms with E-state index in [-0.39, 0.29) is 23.1 Å². The van der Waals surface area contributed by atoms with Gasteiger partial charge in [-0.25, -0.2) is 14.4 Å². The van der Waals surface area contributed by atoms with Gasteiger partial charge in [0.2, 0.25) is 11.6 Å². The number of halogens is 1. The number of hydrogen-bond acceptors (Lipinski definition) is 9. The molecule has 32 heavy (non-hydrogen) atoms. The number of nitrogens with two attached hydrogens (primary N) is 1. The van der Waals surface area contributed by atoms with Crippen LogP contribution in [0.2, 0.25) is 0 Å². The second-order valence-electron chi connectivity index (χ2n) is 6.59. The summed E-state index contributed by atoms with van der Waals surface area (Å²) in [7, 11) is 0. The van der Waals surface area contributed by atoms with Crippen molar-refractivity contribution in [1.29, 1.82) is 0 Å². The number of carbonyl (C=O) groups is 1. The first kappa shape index (κ1) is 20.7. The van der Waals surface area contributed by atoms with Crippen molar-refractivity contribution in [1.82, 2.24) is 30.7 Å². The Morgan fingerprint density at radius 3 is 2.66 bits per heavy atom. The second-order valence-corrected chi connectivity index (χ2v) is 6.59. The van der Waals surface area contributed by atoms with Gasteiger partial charge in [-0.3, -0.25) is 4.79 Å². The van der Waals surface area contributed by atoms with Gasteiger partial charge in [-0.15, -0.1) is 5.10 Å². The Bertz CT molecular complexity index is 1250. The molecule has 2 heterocycles. The number of hydrogen-bond donors (Lipinski definition) is 2. The first-order chi connectivity index (χ1) is 15.5. The Kier molecular flexibility index (Phi) is 5.83. The number of nitrogens with one attached hydrogen (secondary N) is 1. The van der Waals surface area contributed by atoms with Gasteiger partial charge in [0.05, 0.1) is 11.9 Å². The summed E-state index contributed by atoms with van der Waals surface area (Å²) in [5.41, 5.74) is 10.1. The van der Waals surface area contributed by atoms with E-state index in [1.165, 1.54) is 18.3 Å². The molecule has 0 unspecified atom stereocenters. The molecule has 3 N–H and O–H groups in total. The maximum absolute atomic E-state index is 12.9. The minimum atomic E-state index is -0.564. The molecule has 0 saturated carbocycles. The summed E-state index contributed by atoms with van der Waals surface area (Å²) in [6.45, 7) is 1.92. The molecule has 11 nitrogen and oxygen atoms in total. The van der Waals surface area contributed by atoms with Crippen molar-refractivity contribution >= 4 is 17.9 Å². The van der Waals surface area contributed by atoms with Gasteiger partial charge >= 0.3 is 0 Å². The zero-order chi connectivity index (χ0) is 22.5. The largest absolute Gasteiger partial charge is 0.489 e. The predicted octanol–water partition coefficient (Wildman–Crippen LogP) is 2.02. The Morgan fingerprint density at radius 2 is 1.97 bits per heavy atom. The zero-order valence-corrected chi connectivity index (χ0v) is 16.8. The van der Waals surface area contributed by atoms with Crippen LogP contribution in [0.1, 0.15) is 27.3 Å². The number of anilines is 1. The average Bonchev–Trinajstić information content (AvgIpc) is 3.39. The van der Waals surface area contributed by atoms with Crippen molar-refractivity contribution in [2.45, 2.75) is 13.5 Å². The molecule has 0 aliphatic heterocycles. The highest BCUT2D eigenvalue weighted by molar-refractivity contribution is 5.94. The number of amides is 1. The fourth-order valence-corrected chi connectivity index (χ4v) is 2.72. The fourth-order valence-electron chi connectivity index (χ4n) is 2.72. The molecule has 2 aromatic heterocycles. The third-order valence-corrected chi connectivity index (χ3v) is 4.33. The maximum Gasteiger partial charge on any atom is 0.292 e. The highest BCUT2D eigenvalue weighted by Crippen LogP contribution is 2.16. The van der Waals surface area contributed by atoms with Gasteiger partial charge in [0, 0.05) is 0 Å². The second kappa shape index (κ2) is 9.04. The molecule has 0 radical (unpaired) electrons. The van der Waals surface area contributed by atoms with E-state index in [4.69, 9.17) is 10.5 Å². The molecule has 0 aliphatic carbocycles. The summed E-state index contributed by atoms with van der Waals surface area (Å²) in [6.07, 6.45) is 1.47. The van der Waals surface area contributed by atoms with Crippen molar-refractivity contribution in [3.8, 4) is 11.6 Å². The predicted molar refractivity (Wildman–Crippen MR) is 111 cm³/mol. The van der Waals surface area contributed by atoms with Gasteiger partial charge in [-0.1, -0.05) is 17.3 Å². The highest BCUT2D eigenvalue weighted by atomic mass is 19.1. The lowest BCUT2D eigenvalue weighted by atomic mass is 10.2. The number of aryl methyl sites for hydroxylation is 1. The molecule has 12 heteroatoms. The molecule has 0 atom stereocenters. The van der Waals surface area contributed by atoms with Crippen LogP contribution in [0.3, 0.4) is 0 Å². The van der Waals surface area contributed by atoms with Crippen molar-refractivity contribution in [2.75, 3.05) is 5.73 Å². The Morgan fingerprint density at radius 1 is 1.22 bits per heavy atom. The third kappa shape index (κ3) is 4.59. The van der Waals surface area contributed by atoms with Crippen molar-refractivity contribution < 1.29 is 18.6 Å². The molecule has 4 aromatic rings.